The summed E-state index contributed by atoms with van der Waals surface area (Å²) in [4.78, 5) is 7.70. The average molecular weight is 231 g/mol. The zero-order valence-electron chi connectivity index (χ0n) is 8.81. The number of benzene rings is 1. The number of amidine groups is 1. The molecule has 2 heterocycles. The van der Waals surface area contributed by atoms with E-state index in [1.807, 2.05) is 6.07 Å². The Morgan fingerprint density at radius 1 is 1.44 bits per heavy atom. The van der Waals surface area contributed by atoms with Gasteiger partial charge in [0.15, 0.2) is 5.17 Å². The fourth-order valence-corrected chi connectivity index (χ4v) is 2.87. The molecule has 0 amide bonds. The fraction of sp³-hybridized carbons (Fsp3) is 0.250. The number of fused-ring (bicyclic) bond motifs is 1. The Morgan fingerprint density at radius 2 is 2.31 bits per heavy atom. The third-order valence-electron chi connectivity index (χ3n) is 2.86. The second-order valence-corrected chi connectivity index (χ2v) is 5.04. The number of hydrogen-bond donors (Lipinski definition) is 2. The van der Waals surface area contributed by atoms with Crippen LogP contribution >= 0.6 is 11.8 Å². The number of nitrogens with zero attached hydrogens (tertiary/aromatic N) is 1. The Hall–Kier alpha value is -1.42. The van der Waals surface area contributed by atoms with Crippen LogP contribution in [0.4, 0.5) is 0 Å². The highest BCUT2D eigenvalue weighted by Crippen LogP contribution is 2.23. The molecule has 1 unspecified atom stereocenters. The molecule has 3 nitrogen and oxygen atoms in total. The molecule has 3 rings (SSSR count). The van der Waals surface area contributed by atoms with Crippen molar-refractivity contribution in [3.05, 3.63) is 36.0 Å². The predicted octanol–water partition coefficient (Wildman–Crippen LogP) is 2.14. The lowest BCUT2D eigenvalue weighted by Gasteiger charge is -2.03. The van der Waals surface area contributed by atoms with Crippen LogP contribution in [0.25, 0.3) is 10.9 Å². The van der Waals surface area contributed by atoms with E-state index in [0.717, 1.165) is 17.3 Å². The van der Waals surface area contributed by atoms with Crippen molar-refractivity contribution in [2.75, 3.05) is 5.75 Å². The Kier molecular flexibility index (Phi) is 2.36. The molecule has 2 aromatic rings. The number of para-hydroxylation sites is 1. The minimum Gasteiger partial charge on any atom is -0.379 e. The summed E-state index contributed by atoms with van der Waals surface area (Å²) < 4.78 is 0. The van der Waals surface area contributed by atoms with Crippen LogP contribution in [0.5, 0.6) is 0 Å². The lowest BCUT2D eigenvalue weighted by atomic mass is 10.1. The Bertz CT molecular complexity index is 544. The zero-order chi connectivity index (χ0) is 11.0. The van der Waals surface area contributed by atoms with Crippen molar-refractivity contribution in [1.82, 2.24) is 4.98 Å². The molecule has 1 aromatic carbocycles. The number of thioether (sulfide) groups is 1. The predicted molar refractivity (Wildman–Crippen MR) is 69.9 cm³/mol. The number of aromatic nitrogens is 1. The number of aromatic amines is 1. The number of aliphatic imine (C=N–C) groups is 1. The van der Waals surface area contributed by atoms with Crippen LogP contribution < -0.4 is 5.73 Å². The van der Waals surface area contributed by atoms with Gasteiger partial charge in [-0.25, -0.2) is 0 Å². The minimum absolute atomic E-state index is 0.337. The van der Waals surface area contributed by atoms with Gasteiger partial charge in [0.2, 0.25) is 0 Å². The van der Waals surface area contributed by atoms with Crippen molar-refractivity contribution in [3.8, 4) is 0 Å². The number of nitrogens with two attached hydrogens (primary N) is 1. The highest BCUT2D eigenvalue weighted by atomic mass is 32.2. The van der Waals surface area contributed by atoms with Crippen LogP contribution in [0.3, 0.4) is 0 Å². The molecule has 1 aromatic heterocycles. The number of nitrogens with one attached hydrogen (secondary N) is 1. The van der Waals surface area contributed by atoms with E-state index in [2.05, 4.69) is 34.4 Å². The number of hydrogen-bond acceptors (Lipinski definition) is 3. The van der Waals surface area contributed by atoms with E-state index >= 15 is 0 Å². The normalized spacial score (nSPS) is 20.2. The summed E-state index contributed by atoms with van der Waals surface area (Å²) in [5, 5.41) is 2.03. The van der Waals surface area contributed by atoms with E-state index in [0.29, 0.717) is 6.04 Å². The van der Waals surface area contributed by atoms with Crippen LogP contribution in [-0.4, -0.2) is 21.9 Å². The van der Waals surface area contributed by atoms with Gasteiger partial charge in [0.1, 0.15) is 0 Å². The molecule has 1 atom stereocenters. The van der Waals surface area contributed by atoms with Crippen LogP contribution in [0.2, 0.25) is 0 Å². The fourth-order valence-electron chi connectivity index (χ4n) is 2.09. The van der Waals surface area contributed by atoms with Crippen molar-refractivity contribution < 1.29 is 0 Å². The first kappa shape index (κ1) is 9.78. The molecule has 16 heavy (non-hydrogen) atoms. The topological polar surface area (TPSA) is 54.2 Å². The van der Waals surface area contributed by atoms with Gasteiger partial charge < -0.3 is 10.7 Å². The van der Waals surface area contributed by atoms with Crippen molar-refractivity contribution in [1.29, 1.82) is 0 Å². The van der Waals surface area contributed by atoms with E-state index in [1.165, 1.54) is 16.5 Å². The van der Waals surface area contributed by atoms with Gasteiger partial charge in [-0.2, -0.15) is 0 Å². The Labute approximate surface area is 98.1 Å². The standard InChI is InChI=1S/C12H13N3S/c13-12-15-9(7-16-12)5-8-6-14-11-4-2-1-3-10(8)11/h1-4,6,9,14H,5,7H2,(H2,13,15). The first-order valence-corrected chi connectivity index (χ1v) is 6.32. The summed E-state index contributed by atoms with van der Waals surface area (Å²) in [6, 6.07) is 8.70. The molecule has 0 saturated carbocycles. The molecular formula is C12H13N3S. The zero-order valence-corrected chi connectivity index (χ0v) is 9.63. The summed E-state index contributed by atoms with van der Waals surface area (Å²) in [7, 11) is 0. The van der Waals surface area contributed by atoms with Gasteiger partial charge in [0.05, 0.1) is 6.04 Å². The molecule has 4 heteroatoms. The molecular weight excluding hydrogens is 218 g/mol. The van der Waals surface area contributed by atoms with Gasteiger partial charge >= 0.3 is 0 Å². The lowest BCUT2D eigenvalue weighted by molar-refractivity contribution is 0.765. The Balaban J connectivity index is 1.89. The molecule has 1 aliphatic heterocycles. The van der Waals surface area contributed by atoms with Gasteiger partial charge in [-0.05, 0) is 18.1 Å². The lowest BCUT2D eigenvalue weighted by Crippen LogP contribution is -2.08. The maximum absolute atomic E-state index is 5.67. The van der Waals surface area contributed by atoms with Gasteiger partial charge in [-0.1, -0.05) is 30.0 Å². The highest BCUT2D eigenvalue weighted by Gasteiger charge is 2.17. The number of H-pyrrole nitrogens is 1. The van der Waals surface area contributed by atoms with Crippen molar-refractivity contribution in [2.45, 2.75) is 12.5 Å². The smallest absolute Gasteiger partial charge is 0.154 e. The van der Waals surface area contributed by atoms with E-state index in [-0.39, 0.29) is 0 Å². The molecule has 1 aliphatic rings. The van der Waals surface area contributed by atoms with Crippen LogP contribution in [-0.2, 0) is 6.42 Å². The molecule has 82 valence electrons. The maximum atomic E-state index is 5.67. The monoisotopic (exact) mass is 231 g/mol. The van der Waals surface area contributed by atoms with Gasteiger partial charge in [-0.3, -0.25) is 4.99 Å². The Morgan fingerprint density at radius 3 is 3.12 bits per heavy atom. The average Bonchev–Trinajstić information content (AvgIpc) is 2.87. The summed E-state index contributed by atoms with van der Waals surface area (Å²) in [5.74, 6) is 1.01. The molecule has 3 N–H and O–H groups in total. The van der Waals surface area contributed by atoms with E-state index < -0.39 is 0 Å². The highest BCUT2D eigenvalue weighted by molar-refractivity contribution is 8.14. The largest absolute Gasteiger partial charge is 0.379 e. The summed E-state index contributed by atoms with van der Waals surface area (Å²) >= 11 is 1.65. The second-order valence-electron chi connectivity index (χ2n) is 4.00. The van der Waals surface area contributed by atoms with E-state index in [4.69, 9.17) is 5.73 Å². The summed E-state index contributed by atoms with van der Waals surface area (Å²) in [5.41, 5.74) is 8.20. The molecule has 0 radical (unpaired) electrons. The maximum Gasteiger partial charge on any atom is 0.154 e. The summed E-state index contributed by atoms with van der Waals surface area (Å²) in [6.07, 6.45) is 3.05. The first-order valence-electron chi connectivity index (χ1n) is 5.34. The second kappa shape index (κ2) is 3.87. The van der Waals surface area contributed by atoms with Crippen molar-refractivity contribution >= 4 is 27.8 Å². The molecule has 0 fully saturated rings. The van der Waals surface area contributed by atoms with Crippen molar-refractivity contribution in [2.24, 2.45) is 10.7 Å². The van der Waals surface area contributed by atoms with Crippen molar-refractivity contribution in [3.63, 3.8) is 0 Å². The first-order chi connectivity index (χ1) is 7.83. The van der Waals surface area contributed by atoms with Gasteiger partial charge in [0, 0.05) is 22.9 Å². The van der Waals surface area contributed by atoms with Crippen LogP contribution in [0.15, 0.2) is 35.5 Å². The quantitative estimate of drug-likeness (QED) is 0.832. The molecule has 0 spiro atoms. The molecule has 0 saturated heterocycles. The number of rotatable bonds is 2. The molecule has 0 aliphatic carbocycles. The van der Waals surface area contributed by atoms with E-state index in [1.54, 1.807) is 11.8 Å². The van der Waals surface area contributed by atoms with Gasteiger partial charge in [0.25, 0.3) is 0 Å². The third kappa shape index (κ3) is 1.69. The molecule has 0 bridgehead atoms. The SMILES string of the molecule is NC1=NC(Cc2c[nH]c3ccccc23)CS1. The van der Waals surface area contributed by atoms with Crippen LogP contribution in [0.1, 0.15) is 5.56 Å². The van der Waals surface area contributed by atoms with Crippen LogP contribution in [0, 0.1) is 0 Å². The van der Waals surface area contributed by atoms with E-state index in [9.17, 15) is 0 Å². The van der Waals surface area contributed by atoms with Gasteiger partial charge in [-0.15, -0.1) is 0 Å². The minimum atomic E-state index is 0.337. The third-order valence-corrected chi connectivity index (χ3v) is 3.82. The summed E-state index contributed by atoms with van der Waals surface area (Å²) in [6.45, 7) is 0.